The zero-order chi connectivity index (χ0) is 17.7. The lowest BCUT2D eigenvalue weighted by Crippen LogP contribution is -2.39. The first-order valence-corrected chi connectivity index (χ1v) is 9.58. The number of hydrogen-bond donors (Lipinski definition) is 0. The number of thiazole rings is 1. The summed E-state index contributed by atoms with van der Waals surface area (Å²) in [5.41, 5.74) is 0.595. The maximum absolute atomic E-state index is 12.8. The van der Waals surface area contributed by atoms with E-state index >= 15 is 0 Å². The number of amides is 1. The van der Waals surface area contributed by atoms with Crippen molar-refractivity contribution in [2.45, 2.75) is 24.4 Å². The van der Waals surface area contributed by atoms with Gasteiger partial charge >= 0.3 is 6.18 Å². The molecule has 0 fully saturated rings. The van der Waals surface area contributed by atoms with Gasteiger partial charge in [0.05, 0.1) is 5.69 Å². The van der Waals surface area contributed by atoms with Crippen molar-refractivity contribution >= 4 is 50.1 Å². The van der Waals surface area contributed by atoms with Crippen LogP contribution in [0.15, 0.2) is 39.0 Å². The fourth-order valence-corrected chi connectivity index (χ4v) is 4.18. The summed E-state index contributed by atoms with van der Waals surface area (Å²) in [5, 5.41) is 1.71. The third-order valence-corrected chi connectivity index (χ3v) is 5.90. The number of aryl methyl sites for hydroxylation is 1. The molecule has 0 saturated carbocycles. The molecule has 1 amide bonds. The van der Waals surface area contributed by atoms with Crippen LogP contribution in [0.25, 0.3) is 0 Å². The van der Waals surface area contributed by atoms with Gasteiger partial charge in [0.1, 0.15) is 6.54 Å². The first-order valence-electron chi connectivity index (χ1n) is 6.93. The molecule has 0 atom stereocenters. The average Bonchev–Trinajstić information content (AvgIpc) is 2.92. The second-order valence-corrected chi connectivity index (χ2v) is 7.72. The van der Waals surface area contributed by atoms with Crippen molar-refractivity contribution in [1.29, 1.82) is 0 Å². The van der Waals surface area contributed by atoms with Gasteiger partial charge in [-0.3, -0.25) is 9.69 Å². The Morgan fingerprint density at radius 2 is 2.08 bits per heavy atom. The number of benzene rings is 1. The van der Waals surface area contributed by atoms with Gasteiger partial charge in [0.2, 0.25) is 5.91 Å². The molecule has 2 aromatic rings. The molecular formula is C15H14BrF3N2OS2. The molecule has 0 aliphatic heterocycles. The molecule has 0 radical (unpaired) electrons. The Morgan fingerprint density at radius 1 is 1.38 bits per heavy atom. The number of anilines is 1. The van der Waals surface area contributed by atoms with Gasteiger partial charge in [0.25, 0.3) is 0 Å². The maximum Gasteiger partial charge on any atom is 0.406 e. The lowest BCUT2D eigenvalue weighted by Gasteiger charge is -2.21. The van der Waals surface area contributed by atoms with Crippen LogP contribution in [0.4, 0.5) is 18.3 Å². The van der Waals surface area contributed by atoms with E-state index in [1.165, 1.54) is 11.8 Å². The highest BCUT2D eigenvalue weighted by Gasteiger charge is 2.34. The Hall–Kier alpha value is -1.06. The fourth-order valence-electron chi connectivity index (χ4n) is 1.85. The average molecular weight is 439 g/mol. The van der Waals surface area contributed by atoms with Crippen molar-refractivity contribution in [3.63, 3.8) is 0 Å². The largest absolute Gasteiger partial charge is 0.406 e. The van der Waals surface area contributed by atoms with Crippen LogP contribution in [0.2, 0.25) is 0 Å². The third-order valence-electron chi connectivity index (χ3n) is 2.89. The van der Waals surface area contributed by atoms with Crippen LogP contribution in [0.3, 0.4) is 0 Å². The molecule has 2 rings (SSSR count). The quantitative estimate of drug-likeness (QED) is 0.574. The highest BCUT2D eigenvalue weighted by atomic mass is 79.9. The van der Waals surface area contributed by atoms with Crippen molar-refractivity contribution in [2.24, 2.45) is 0 Å². The molecule has 130 valence electrons. The smallest absolute Gasteiger partial charge is 0.279 e. The monoisotopic (exact) mass is 438 g/mol. The number of alkyl halides is 3. The number of hydrogen-bond acceptors (Lipinski definition) is 4. The second-order valence-electron chi connectivity index (χ2n) is 4.90. The fraction of sp³-hybridized carbons (Fsp3) is 0.333. The van der Waals surface area contributed by atoms with Crippen LogP contribution >= 0.6 is 39.0 Å². The van der Waals surface area contributed by atoms with Crippen LogP contribution in [-0.4, -0.2) is 29.4 Å². The third kappa shape index (κ3) is 5.78. The Kier molecular flexibility index (Phi) is 6.70. The summed E-state index contributed by atoms with van der Waals surface area (Å²) in [6.45, 7) is 0.359. The lowest BCUT2D eigenvalue weighted by atomic mass is 10.4. The molecule has 3 nitrogen and oxygen atoms in total. The lowest BCUT2D eigenvalue weighted by molar-refractivity contribution is -0.132. The minimum atomic E-state index is -4.47. The number of carbonyl (C=O) groups excluding carboxylic acids is 1. The van der Waals surface area contributed by atoms with Crippen LogP contribution < -0.4 is 4.90 Å². The molecule has 0 unspecified atom stereocenters. The molecule has 0 saturated heterocycles. The minimum Gasteiger partial charge on any atom is -0.279 e. The van der Waals surface area contributed by atoms with Gasteiger partial charge in [-0.1, -0.05) is 12.1 Å². The van der Waals surface area contributed by atoms with Crippen LogP contribution in [0.1, 0.15) is 12.1 Å². The molecule has 24 heavy (non-hydrogen) atoms. The number of thioether (sulfide) groups is 1. The van der Waals surface area contributed by atoms with Gasteiger partial charge in [0, 0.05) is 26.9 Å². The van der Waals surface area contributed by atoms with Crippen molar-refractivity contribution in [1.82, 2.24) is 4.98 Å². The summed E-state index contributed by atoms with van der Waals surface area (Å²) < 4.78 is 39.2. The van der Waals surface area contributed by atoms with Gasteiger partial charge < -0.3 is 0 Å². The molecule has 1 aromatic heterocycles. The second kappa shape index (κ2) is 8.35. The van der Waals surface area contributed by atoms with Gasteiger partial charge in [0.15, 0.2) is 5.13 Å². The summed E-state index contributed by atoms with van der Waals surface area (Å²) in [6.07, 6.45) is -4.47. The highest BCUT2D eigenvalue weighted by Crippen LogP contribution is 2.29. The summed E-state index contributed by atoms with van der Waals surface area (Å²) in [7, 11) is 0. The van der Waals surface area contributed by atoms with E-state index in [2.05, 4.69) is 20.9 Å². The van der Waals surface area contributed by atoms with Crippen molar-refractivity contribution in [3.05, 3.63) is 39.8 Å². The zero-order valence-electron chi connectivity index (χ0n) is 12.6. The van der Waals surface area contributed by atoms with Crippen LogP contribution in [0, 0.1) is 6.92 Å². The molecule has 1 heterocycles. The summed E-state index contributed by atoms with van der Waals surface area (Å²) in [5.74, 6) is -0.193. The summed E-state index contributed by atoms with van der Waals surface area (Å²) in [6, 6.07) is 7.49. The number of rotatable bonds is 6. The van der Waals surface area contributed by atoms with E-state index in [0.29, 0.717) is 11.4 Å². The van der Waals surface area contributed by atoms with E-state index in [-0.39, 0.29) is 11.6 Å². The predicted molar refractivity (Wildman–Crippen MR) is 94.7 cm³/mol. The van der Waals surface area contributed by atoms with E-state index in [1.54, 1.807) is 12.3 Å². The van der Waals surface area contributed by atoms with Gasteiger partial charge in [-0.05, 0) is 35.0 Å². The first-order chi connectivity index (χ1) is 11.3. The topological polar surface area (TPSA) is 33.2 Å². The summed E-state index contributed by atoms with van der Waals surface area (Å²) in [4.78, 5) is 17.9. The van der Waals surface area contributed by atoms with E-state index in [9.17, 15) is 18.0 Å². The molecule has 0 N–H and O–H groups in total. The van der Waals surface area contributed by atoms with Crippen molar-refractivity contribution < 1.29 is 18.0 Å². The molecule has 0 aliphatic carbocycles. The molecule has 9 heteroatoms. The zero-order valence-corrected chi connectivity index (χ0v) is 15.9. The Morgan fingerprint density at radius 3 is 2.67 bits per heavy atom. The highest BCUT2D eigenvalue weighted by molar-refractivity contribution is 9.10. The Bertz CT molecular complexity index is 706. The van der Waals surface area contributed by atoms with E-state index in [0.717, 1.165) is 25.6 Å². The summed E-state index contributed by atoms with van der Waals surface area (Å²) >= 11 is 5.86. The van der Waals surface area contributed by atoms with Gasteiger partial charge in [-0.2, -0.15) is 13.2 Å². The standard InChI is InChI=1S/C15H14BrF3N2OS2/c1-10-8-24-14(20-10)21(9-15(17,18)19)13(22)6-7-23-12-5-3-2-4-11(12)16/h2-5,8H,6-7,9H2,1H3. The molecule has 0 spiro atoms. The SMILES string of the molecule is Cc1csc(N(CC(F)(F)F)C(=O)CCSc2ccccc2Br)n1. The molecule has 1 aromatic carbocycles. The van der Waals surface area contributed by atoms with Gasteiger partial charge in [-0.25, -0.2) is 4.98 Å². The number of halogens is 4. The molecular weight excluding hydrogens is 425 g/mol. The van der Waals surface area contributed by atoms with E-state index in [4.69, 9.17) is 0 Å². The van der Waals surface area contributed by atoms with E-state index < -0.39 is 18.6 Å². The van der Waals surface area contributed by atoms with Crippen molar-refractivity contribution in [3.8, 4) is 0 Å². The predicted octanol–water partition coefficient (Wildman–Crippen LogP) is 5.29. The number of carbonyl (C=O) groups is 1. The number of aromatic nitrogens is 1. The maximum atomic E-state index is 12.8. The van der Waals surface area contributed by atoms with Crippen LogP contribution in [0.5, 0.6) is 0 Å². The molecule has 0 bridgehead atoms. The van der Waals surface area contributed by atoms with E-state index in [1.807, 2.05) is 24.3 Å². The molecule has 0 aliphatic rings. The first kappa shape index (κ1) is 19.3. The normalized spacial score (nSPS) is 11.5. The Balaban J connectivity index is 2.01. The van der Waals surface area contributed by atoms with Crippen molar-refractivity contribution in [2.75, 3.05) is 17.2 Å². The Labute approximate surface area is 154 Å². The van der Waals surface area contributed by atoms with Gasteiger partial charge in [-0.15, -0.1) is 23.1 Å². The number of nitrogens with zero attached hydrogens (tertiary/aromatic N) is 2. The van der Waals surface area contributed by atoms with Crippen LogP contribution in [-0.2, 0) is 4.79 Å². The minimum absolute atomic E-state index is 0.000703.